The second-order valence-electron chi connectivity index (χ2n) is 5.63. The molecule has 130 valence electrons. The Labute approximate surface area is 148 Å². The molecule has 0 aliphatic carbocycles. The number of nitrogens with zero attached hydrogens (tertiary/aromatic N) is 1. The summed E-state index contributed by atoms with van der Waals surface area (Å²) < 4.78 is 21.1. The lowest BCUT2D eigenvalue weighted by Gasteiger charge is -1.99. The smallest absolute Gasteiger partial charge is 0.374 e. The second-order valence-corrected chi connectivity index (χ2v) is 5.63. The highest BCUT2D eigenvalue weighted by Gasteiger charge is 2.15. The van der Waals surface area contributed by atoms with Crippen LogP contribution in [0.3, 0.4) is 0 Å². The molecule has 0 bridgehead atoms. The van der Waals surface area contributed by atoms with Crippen LogP contribution in [0.25, 0.3) is 22.2 Å². The van der Waals surface area contributed by atoms with E-state index in [0.29, 0.717) is 17.0 Å². The molecule has 0 aliphatic rings. The minimum atomic E-state index is -0.552. The predicted molar refractivity (Wildman–Crippen MR) is 93.8 cm³/mol. The van der Waals surface area contributed by atoms with Crippen LogP contribution in [0.4, 0.5) is 0 Å². The fraction of sp³-hybridized carbons (Fsp3) is 0.100. The molecule has 0 saturated carbocycles. The highest BCUT2D eigenvalue weighted by atomic mass is 16.6. The van der Waals surface area contributed by atoms with Gasteiger partial charge in [-0.2, -0.15) is 0 Å². The number of hydrogen-bond acceptors (Lipinski definition) is 6. The zero-order valence-electron chi connectivity index (χ0n) is 14.0. The van der Waals surface area contributed by atoms with Gasteiger partial charge in [0.15, 0.2) is 12.4 Å². The Bertz CT molecular complexity index is 1010. The van der Waals surface area contributed by atoms with Crippen LogP contribution in [0, 0.1) is 0 Å². The summed E-state index contributed by atoms with van der Waals surface area (Å²) in [7, 11) is 1.61. The van der Waals surface area contributed by atoms with Gasteiger partial charge in [-0.05, 0) is 36.4 Å². The number of hydrogen-bond donors (Lipinski definition) is 0. The normalized spacial score (nSPS) is 10.8. The SMILES string of the molecule is COc1ccc(-c2cc(COC(=O)c3cc4ccccc4o3)on2)cc1. The fourth-order valence-electron chi connectivity index (χ4n) is 2.57. The van der Waals surface area contributed by atoms with Crippen LogP contribution in [0.15, 0.2) is 69.6 Å². The number of para-hydroxylation sites is 1. The van der Waals surface area contributed by atoms with Gasteiger partial charge in [0.25, 0.3) is 0 Å². The van der Waals surface area contributed by atoms with Gasteiger partial charge in [-0.3, -0.25) is 0 Å². The van der Waals surface area contributed by atoms with Gasteiger partial charge in [0.1, 0.15) is 17.0 Å². The van der Waals surface area contributed by atoms with E-state index in [1.165, 1.54) is 0 Å². The molecule has 2 heterocycles. The molecule has 26 heavy (non-hydrogen) atoms. The first-order valence-corrected chi connectivity index (χ1v) is 7.98. The van der Waals surface area contributed by atoms with Gasteiger partial charge in [-0.15, -0.1) is 0 Å². The molecule has 0 radical (unpaired) electrons. The molecule has 6 heteroatoms. The molecule has 2 aromatic carbocycles. The maximum atomic E-state index is 12.1. The number of ether oxygens (including phenoxy) is 2. The fourth-order valence-corrected chi connectivity index (χ4v) is 2.57. The maximum absolute atomic E-state index is 12.1. The summed E-state index contributed by atoms with van der Waals surface area (Å²) in [6.45, 7) is -0.0287. The van der Waals surface area contributed by atoms with Crippen molar-refractivity contribution in [3.63, 3.8) is 0 Å². The molecule has 0 fully saturated rings. The largest absolute Gasteiger partial charge is 0.497 e. The molecule has 0 spiro atoms. The van der Waals surface area contributed by atoms with Crippen LogP contribution in [-0.2, 0) is 11.3 Å². The summed E-state index contributed by atoms with van der Waals surface area (Å²) in [6.07, 6.45) is 0. The van der Waals surface area contributed by atoms with E-state index in [-0.39, 0.29) is 12.4 Å². The zero-order valence-corrected chi connectivity index (χ0v) is 14.0. The van der Waals surface area contributed by atoms with Crippen LogP contribution in [-0.4, -0.2) is 18.2 Å². The topological polar surface area (TPSA) is 74.7 Å². The standard InChI is InChI=1S/C20H15NO5/c1-23-15-8-6-13(7-9-15)17-11-16(26-21-17)12-24-20(22)19-10-14-4-2-3-5-18(14)25-19/h2-11H,12H2,1H3. The highest BCUT2D eigenvalue weighted by molar-refractivity contribution is 5.92. The lowest BCUT2D eigenvalue weighted by molar-refractivity contribution is 0.0404. The van der Waals surface area contributed by atoms with Gasteiger partial charge in [-0.25, -0.2) is 4.79 Å². The number of rotatable bonds is 5. The first kappa shape index (κ1) is 16.0. The highest BCUT2D eigenvalue weighted by Crippen LogP contribution is 2.23. The van der Waals surface area contributed by atoms with Crippen molar-refractivity contribution < 1.29 is 23.2 Å². The van der Waals surface area contributed by atoms with Crippen molar-refractivity contribution in [3.05, 3.63) is 72.2 Å². The number of esters is 1. The van der Waals surface area contributed by atoms with E-state index in [2.05, 4.69) is 5.16 Å². The van der Waals surface area contributed by atoms with E-state index in [1.807, 2.05) is 42.5 Å². The molecule has 0 N–H and O–H groups in total. The van der Waals surface area contributed by atoms with E-state index < -0.39 is 5.97 Å². The van der Waals surface area contributed by atoms with Gasteiger partial charge in [0.05, 0.1) is 7.11 Å². The third-order valence-electron chi connectivity index (χ3n) is 3.92. The van der Waals surface area contributed by atoms with Crippen LogP contribution < -0.4 is 4.74 Å². The Morgan fingerprint density at radius 1 is 1.08 bits per heavy atom. The van der Waals surface area contributed by atoms with Crippen molar-refractivity contribution >= 4 is 16.9 Å². The van der Waals surface area contributed by atoms with Crippen LogP contribution in [0.1, 0.15) is 16.3 Å². The lowest BCUT2D eigenvalue weighted by Crippen LogP contribution is -2.03. The van der Waals surface area contributed by atoms with E-state index in [0.717, 1.165) is 16.7 Å². The summed E-state index contributed by atoms with van der Waals surface area (Å²) >= 11 is 0. The minimum absolute atomic E-state index is 0.0287. The van der Waals surface area contributed by atoms with Gasteiger partial charge in [-0.1, -0.05) is 23.4 Å². The molecule has 4 aromatic rings. The van der Waals surface area contributed by atoms with Crippen molar-refractivity contribution in [3.8, 4) is 17.0 Å². The number of fused-ring (bicyclic) bond motifs is 1. The Hall–Kier alpha value is -3.54. The van der Waals surface area contributed by atoms with Gasteiger partial charge >= 0.3 is 5.97 Å². The Morgan fingerprint density at radius 3 is 2.65 bits per heavy atom. The third kappa shape index (κ3) is 3.17. The number of carbonyl (C=O) groups is 1. The first-order chi connectivity index (χ1) is 12.7. The van der Waals surface area contributed by atoms with Gasteiger partial charge in [0.2, 0.25) is 5.76 Å². The summed E-state index contributed by atoms with van der Waals surface area (Å²) in [5, 5.41) is 4.84. The van der Waals surface area contributed by atoms with E-state index in [4.69, 9.17) is 18.4 Å². The van der Waals surface area contributed by atoms with Gasteiger partial charge < -0.3 is 18.4 Å². The first-order valence-electron chi connectivity index (χ1n) is 7.98. The Morgan fingerprint density at radius 2 is 1.88 bits per heavy atom. The third-order valence-corrected chi connectivity index (χ3v) is 3.92. The van der Waals surface area contributed by atoms with E-state index in [1.54, 1.807) is 25.3 Å². The van der Waals surface area contributed by atoms with Crippen molar-refractivity contribution in [2.24, 2.45) is 0 Å². The zero-order chi connectivity index (χ0) is 17.9. The average molecular weight is 349 g/mol. The summed E-state index contributed by atoms with van der Waals surface area (Å²) in [5.74, 6) is 0.808. The molecule has 0 unspecified atom stereocenters. The van der Waals surface area contributed by atoms with Crippen LogP contribution >= 0.6 is 0 Å². The summed E-state index contributed by atoms with van der Waals surface area (Å²) in [4.78, 5) is 12.1. The molecular weight excluding hydrogens is 334 g/mol. The van der Waals surface area contributed by atoms with Crippen molar-refractivity contribution in [1.29, 1.82) is 0 Å². The molecule has 0 saturated heterocycles. The Kier molecular flexibility index (Phi) is 4.15. The molecule has 0 amide bonds. The molecule has 0 aliphatic heterocycles. The number of furan rings is 1. The Balaban J connectivity index is 1.43. The molecule has 0 atom stereocenters. The van der Waals surface area contributed by atoms with E-state index >= 15 is 0 Å². The quantitative estimate of drug-likeness (QED) is 0.495. The number of methoxy groups -OCH3 is 1. The molecule has 6 nitrogen and oxygen atoms in total. The van der Waals surface area contributed by atoms with E-state index in [9.17, 15) is 4.79 Å². The molecular formula is C20H15NO5. The van der Waals surface area contributed by atoms with Crippen LogP contribution in [0.2, 0.25) is 0 Å². The maximum Gasteiger partial charge on any atom is 0.374 e. The predicted octanol–water partition coefficient (Wildman–Crippen LogP) is 4.45. The molecule has 4 rings (SSSR count). The van der Waals surface area contributed by atoms with Gasteiger partial charge in [0, 0.05) is 17.0 Å². The van der Waals surface area contributed by atoms with Crippen molar-refractivity contribution in [1.82, 2.24) is 5.16 Å². The number of aromatic nitrogens is 1. The van der Waals surface area contributed by atoms with Crippen LogP contribution in [0.5, 0.6) is 5.75 Å². The lowest BCUT2D eigenvalue weighted by atomic mass is 10.1. The molecule has 2 aromatic heterocycles. The average Bonchev–Trinajstić information content (AvgIpc) is 3.33. The second kappa shape index (κ2) is 6.76. The summed E-state index contributed by atoms with van der Waals surface area (Å²) in [5.41, 5.74) is 2.17. The van der Waals surface area contributed by atoms with Crippen molar-refractivity contribution in [2.75, 3.05) is 7.11 Å². The monoisotopic (exact) mass is 349 g/mol. The minimum Gasteiger partial charge on any atom is -0.497 e. The number of benzene rings is 2. The number of carbonyl (C=O) groups excluding carboxylic acids is 1. The van der Waals surface area contributed by atoms with Crippen molar-refractivity contribution in [2.45, 2.75) is 6.61 Å². The summed E-state index contributed by atoms with van der Waals surface area (Å²) in [6, 6.07) is 18.2.